The Kier molecular flexibility index (Phi) is 3.10. The van der Waals surface area contributed by atoms with Crippen molar-refractivity contribution in [3.05, 3.63) is 29.8 Å². The first kappa shape index (κ1) is 11.0. The highest BCUT2D eigenvalue weighted by Crippen LogP contribution is 2.26. The minimum Gasteiger partial charge on any atom is -0.323 e. The normalized spacial score (nSPS) is 15.2. The fourth-order valence-corrected chi connectivity index (χ4v) is 1.98. The molecule has 86 valence electrons. The van der Waals surface area contributed by atoms with Crippen molar-refractivity contribution in [3.63, 3.8) is 0 Å². The highest BCUT2D eigenvalue weighted by molar-refractivity contribution is 5.94. The van der Waals surface area contributed by atoms with E-state index in [1.54, 1.807) is 4.90 Å². The number of urea groups is 1. The summed E-state index contributed by atoms with van der Waals surface area (Å²) in [6.45, 7) is 2.20. The summed E-state index contributed by atoms with van der Waals surface area (Å²) in [5.74, 6) is 0. The molecule has 0 saturated carbocycles. The number of anilines is 1. The van der Waals surface area contributed by atoms with Gasteiger partial charge in [-0.3, -0.25) is 4.90 Å². The standard InChI is InChI=1S/C12H17N3O/c1-13-7-8-15-11-6-4-3-5-10(11)9-14(2)12(15)16/h3-6,13H,7-9H2,1-2H3. The summed E-state index contributed by atoms with van der Waals surface area (Å²) >= 11 is 0. The predicted molar refractivity (Wildman–Crippen MR) is 64.6 cm³/mol. The topological polar surface area (TPSA) is 35.6 Å². The molecule has 1 aromatic rings. The average Bonchev–Trinajstić information content (AvgIpc) is 2.30. The molecule has 1 aliphatic rings. The van der Waals surface area contributed by atoms with E-state index in [9.17, 15) is 4.79 Å². The maximum absolute atomic E-state index is 12.0. The van der Waals surface area contributed by atoms with Gasteiger partial charge in [0.2, 0.25) is 0 Å². The van der Waals surface area contributed by atoms with Crippen LogP contribution in [0.3, 0.4) is 0 Å². The molecule has 4 nitrogen and oxygen atoms in total. The fraction of sp³-hybridized carbons (Fsp3) is 0.417. The molecule has 4 heteroatoms. The van der Waals surface area contributed by atoms with Crippen molar-refractivity contribution in [2.75, 3.05) is 32.1 Å². The van der Waals surface area contributed by atoms with Crippen LogP contribution in [0, 0.1) is 0 Å². The molecule has 0 spiro atoms. The lowest BCUT2D eigenvalue weighted by Crippen LogP contribution is -2.47. The van der Waals surface area contributed by atoms with E-state index in [4.69, 9.17) is 0 Å². The summed E-state index contributed by atoms with van der Waals surface area (Å²) in [4.78, 5) is 15.6. The number of fused-ring (bicyclic) bond motifs is 1. The number of benzene rings is 1. The lowest BCUT2D eigenvalue weighted by molar-refractivity contribution is 0.210. The zero-order valence-electron chi connectivity index (χ0n) is 9.73. The van der Waals surface area contributed by atoms with Crippen LogP contribution in [-0.4, -0.2) is 38.1 Å². The van der Waals surface area contributed by atoms with Gasteiger partial charge in [-0.25, -0.2) is 4.79 Å². The molecule has 0 bridgehead atoms. The van der Waals surface area contributed by atoms with E-state index in [1.807, 2.05) is 37.2 Å². The molecular weight excluding hydrogens is 202 g/mol. The molecule has 0 aliphatic carbocycles. The molecule has 0 aromatic heterocycles. The van der Waals surface area contributed by atoms with Crippen LogP contribution < -0.4 is 10.2 Å². The van der Waals surface area contributed by atoms with Gasteiger partial charge in [0.25, 0.3) is 0 Å². The summed E-state index contributed by atoms with van der Waals surface area (Å²) < 4.78 is 0. The lowest BCUT2D eigenvalue weighted by Gasteiger charge is -2.35. The quantitative estimate of drug-likeness (QED) is 0.831. The van der Waals surface area contributed by atoms with Crippen LogP contribution in [0.25, 0.3) is 0 Å². The van der Waals surface area contributed by atoms with E-state index >= 15 is 0 Å². The molecule has 0 saturated heterocycles. The van der Waals surface area contributed by atoms with Gasteiger partial charge in [0, 0.05) is 26.7 Å². The third-order valence-corrected chi connectivity index (χ3v) is 2.83. The number of amides is 2. The Bertz CT molecular complexity index is 392. The number of hydrogen-bond acceptors (Lipinski definition) is 2. The summed E-state index contributed by atoms with van der Waals surface area (Å²) in [5, 5.41) is 3.07. The fourth-order valence-electron chi connectivity index (χ4n) is 1.98. The highest BCUT2D eigenvalue weighted by Gasteiger charge is 2.26. The van der Waals surface area contributed by atoms with E-state index in [0.717, 1.165) is 12.2 Å². The summed E-state index contributed by atoms with van der Waals surface area (Å²) in [6, 6.07) is 8.15. The van der Waals surface area contributed by atoms with Gasteiger partial charge < -0.3 is 10.2 Å². The molecule has 16 heavy (non-hydrogen) atoms. The van der Waals surface area contributed by atoms with E-state index < -0.39 is 0 Å². The van der Waals surface area contributed by atoms with Gasteiger partial charge in [-0.1, -0.05) is 18.2 Å². The minimum atomic E-state index is 0.0777. The number of hydrogen-bond donors (Lipinski definition) is 1. The number of para-hydroxylation sites is 1. The van der Waals surface area contributed by atoms with Crippen molar-refractivity contribution in [2.24, 2.45) is 0 Å². The van der Waals surface area contributed by atoms with Gasteiger partial charge in [0.05, 0.1) is 5.69 Å². The molecule has 1 heterocycles. The third kappa shape index (κ3) is 1.88. The second kappa shape index (κ2) is 4.53. The molecule has 0 radical (unpaired) electrons. The van der Waals surface area contributed by atoms with Gasteiger partial charge >= 0.3 is 6.03 Å². The Balaban J connectivity index is 2.30. The third-order valence-electron chi connectivity index (χ3n) is 2.83. The SMILES string of the molecule is CNCCN1C(=O)N(C)Cc2ccccc21. The Morgan fingerprint density at radius 2 is 2.12 bits per heavy atom. The Labute approximate surface area is 95.8 Å². The second-order valence-electron chi connectivity index (χ2n) is 4.02. The average molecular weight is 219 g/mol. The van der Waals surface area contributed by atoms with Crippen LogP contribution in [0.1, 0.15) is 5.56 Å². The number of rotatable bonds is 3. The minimum absolute atomic E-state index is 0.0777. The van der Waals surface area contributed by atoms with Crippen LogP contribution in [0.2, 0.25) is 0 Å². The van der Waals surface area contributed by atoms with Gasteiger partial charge in [-0.05, 0) is 18.7 Å². The Hall–Kier alpha value is -1.55. The van der Waals surface area contributed by atoms with E-state index in [2.05, 4.69) is 11.4 Å². The molecule has 0 unspecified atom stereocenters. The first-order valence-electron chi connectivity index (χ1n) is 5.49. The molecule has 1 aromatic carbocycles. The van der Waals surface area contributed by atoms with Gasteiger partial charge in [0.15, 0.2) is 0 Å². The van der Waals surface area contributed by atoms with Crippen LogP contribution >= 0.6 is 0 Å². The Morgan fingerprint density at radius 3 is 2.88 bits per heavy atom. The maximum atomic E-state index is 12.0. The number of carbonyl (C=O) groups is 1. The molecule has 0 atom stereocenters. The van der Waals surface area contributed by atoms with Crippen molar-refractivity contribution in [3.8, 4) is 0 Å². The largest absolute Gasteiger partial charge is 0.324 e. The van der Waals surface area contributed by atoms with Gasteiger partial charge in [0.1, 0.15) is 0 Å². The first-order valence-corrected chi connectivity index (χ1v) is 5.49. The maximum Gasteiger partial charge on any atom is 0.324 e. The number of likely N-dealkylation sites (N-methyl/N-ethyl adjacent to an activating group) is 1. The molecule has 0 fully saturated rings. The molecular formula is C12H17N3O. The molecule has 1 N–H and O–H groups in total. The van der Waals surface area contributed by atoms with E-state index in [1.165, 1.54) is 5.56 Å². The zero-order valence-corrected chi connectivity index (χ0v) is 9.73. The molecule has 2 rings (SSSR count). The van der Waals surface area contributed by atoms with Crippen molar-refractivity contribution >= 4 is 11.7 Å². The van der Waals surface area contributed by atoms with Gasteiger partial charge in [-0.15, -0.1) is 0 Å². The number of nitrogens with one attached hydrogen (secondary N) is 1. The molecule has 2 amide bonds. The van der Waals surface area contributed by atoms with Crippen molar-refractivity contribution < 1.29 is 4.79 Å². The highest BCUT2D eigenvalue weighted by atomic mass is 16.2. The summed E-state index contributed by atoms with van der Waals surface area (Å²) in [7, 11) is 3.73. The van der Waals surface area contributed by atoms with Crippen LogP contribution in [0.4, 0.5) is 10.5 Å². The summed E-state index contributed by atoms with van der Waals surface area (Å²) in [5.41, 5.74) is 2.25. The number of carbonyl (C=O) groups excluding carboxylic acids is 1. The zero-order chi connectivity index (χ0) is 11.5. The van der Waals surface area contributed by atoms with Crippen molar-refractivity contribution in [1.29, 1.82) is 0 Å². The van der Waals surface area contributed by atoms with Crippen LogP contribution in [-0.2, 0) is 6.54 Å². The lowest BCUT2D eigenvalue weighted by atomic mass is 10.1. The van der Waals surface area contributed by atoms with E-state index in [-0.39, 0.29) is 6.03 Å². The van der Waals surface area contributed by atoms with Crippen LogP contribution in [0.5, 0.6) is 0 Å². The monoisotopic (exact) mass is 219 g/mol. The smallest absolute Gasteiger partial charge is 0.323 e. The van der Waals surface area contributed by atoms with Crippen molar-refractivity contribution in [2.45, 2.75) is 6.54 Å². The Morgan fingerprint density at radius 1 is 1.38 bits per heavy atom. The van der Waals surface area contributed by atoms with Crippen molar-refractivity contribution in [1.82, 2.24) is 10.2 Å². The van der Waals surface area contributed by atoms with Gasteiger partial charge in [-0.2, -0.15) is 0 Å². The summed E-state index contributed by atoms with van der Waals surface area (Å²) in [6.07, 6.45) is 0. The molecule has 1 aliphatic heterocycles. The predicted octanol–water partition coefficient (Wildman–Crippen LogP) is 1.28. The van der Waals surface area contributed by atoms with Crippen LogP contribution in [0.15, 0.2) is 24.3 Å². The number of nitrogens with zero attached hydrogens (tertiary/aromatic N) is 2. The first-order chi connectivity index (χ1) is 7.74. The second-order valence-corrected chi connectivity index (χ2v) is 4.02. The van der Waals surface area contributed by atoms with E-state index in [0.29, 0.717) is 13.1 Å².